The average molecular weight is 298 g/mol. The standard InChI is InChI=1S/C14H7ClF3NO/c15-11-6-9-12(7-10(11)14(16,17)18)19-20-13(9)8-4-2-1-3-5-8/h1-7H. The molecule has 0 N–H and O–H groups in total. The van der Waals surface area contributed by atoms with E-state index < -0.39 is 11.7 Å². The minimum Gasteiger partial charge on any atom is -0.355 e. The van der Waals surface area contributed by atoms with Gasteiger partial charge in [-0.25, -0.2) is 0 Å². The summed E-state index contributed by atoms with van der Waals surface area (Å²) in [6, 6.07) is 11.1. The zero-order chi connectivity index (χ0) is 14.3. The maximum atomic E-state index is 12.8. The van der Waals surface area contributed by atoms with Gasteiger partial charge >= 0.3 is 6.18 Å². The van der Waals surface area contributed by atoms with E-state index >= 15 is 0 Å². The molecule has 102 valence electrons. The molecule has 0 saturated heterocycles. The average Bonchev–Trinajstić information content (AvgIpc) is 2.80. The molecule has 3 aromatic rings. The van der Waals surface area contributed by atoms with Gasteiger partial charge in [0.2, 0.25) is 0 Å². The largest absolute Gasteiger partial charge is 0.417 e. The van der Waals surface area contributed by atoms with Crippen LogP contribution in [0.5, 0.6) is 0 Å². The second-order valence-electron chi connectivity index (χ2n) is 4.22. The zero-order valence-corrected chi connectivity index (χ0v) is 10.7. The molecule has 0 bridgehead atoms. The Labute approximate surface area is 116 Å². The zero-order valence-electron chi connectivity index (χ0n) is 9.91. The quantitative estimate of drug-likeness (QED) is 0.619. The van der Waals surface area contributed by atoms with Gasteiger partial charge in [-0.3, -0.25) is 0 Å². The van der Waals surface area contributed by atoms with E-state index in [0.717, 1.165) is 11.6 Å². The van der Waals surface area contributed by atoms with Gasteiger partial charge in [-0.2, -0.15) is 13.2 Å². The monoisotopic (exact) mass is 297 g/mol. The third-order valence-electron chi connectivity index (χ3n) is 2.91. The van der Waals surface area contributed by atoms with E-state index in [9.17, 15) is 13.2 Å². The predicted octanol–water partition coefficient (Wildman–Crippen LogP) is 5.17. The van der Waals surface area contributed by atoms with Crippen LogP contribution >= 0.6 is 11.6 Å². The first kappa shape index (κ1) is 13.0. The molecule has 2 nitrogen and oxygen atoms in total. The van der Waals surface area contributed by atoms with Crippen LogP contribution in [-0.4, -0.2) is 5.16 Å². The van der Waals surface area contributed by atoms with Gasteiger partial charge in [0.25, 0.3) is 0 Å². The van der Waals surface area contributed by atoms with Crippen LogP contribution < -0.4 is 0 Å². The Morgan fingerprint density at radius 1 is 1.05 bits per heavy atom. The fraction of sp³-hybridized carbons (Fsp3) is 0.0714. The van der Waals surface area contributed by atoms with Crippen molar-refractivity contribution < 1.29 is 17.7 Å². The van der Waals surface area contributed by atoms with E-state index in [0.29, 0.717) is 11.1 Å². The molecule has 0 unspecified atom stereocenters. The van der Waals surface area contributed by atoms with Gasteiger partial charge in [0.15, 0.2) is 5.76 Å². The van der Waals surface area contributed by atoms with Crippen molar-refractivity contribution in [2.75, 3.05) is 0 Å². The highest BCUT2D eigenvalue weighted by Crippen LogP contribution is 2.39. The predicted molar refractivity (Wildman–Crippen MR) is 69.5 cm³/mol. The molecule has 1 heterocycles. The molecule has 0 radical (unpaired) electrons. The van der Waals surface area contributed by atoms with Gasteiger partial charge in [-0.05, 0) is 12.1 Å². The van der Waals surface area contributed by atoms with Crippen LogP contribution in [0.15, 0.2) is 47.0 Å². The normalized spacial score (nSPS) is 12.0. The Hall–Kier alpha value is -2.01. The summed E-state index contributed by atoms with van der Waals surface area (Å²) in [6.45, 7) is 0. The molecule has 0 amide bonds. The van der Waals surface area contributed by atoms with Crippen molar-refractivity contribution in [1.82, 2.24) is 5.16 Å². The SMILES string of the molecule is FC(F)(F)c1cc2noc(-c3ccccc3)c2cc1Cl. The number of fused-ring (bicyclic) bond motifs is 1. The summed E-state index contributed by atoms with van der Waals surface area (Å²) in [7, 11) is 0. The Morgan fingerprint density at radius 2 is 1.75 bits per heavy atom. The van der Waals surface area contributed by atoms with Gasteiger partial charge in [-0.1, -0.05) is 47.1 Å². The van der Waals surface area contributed by atoms with Crippen molar-refractivity contribution >= 4 is 22.5 Å². The van der Waals surface area contributed by atoms with E-state index in [-0.39, 0.29) is 10.5 Å². The van der Waals surface area contributed by atoms with Crippen LogP contribution in [0.2, 0.25) is 5.02 Å². The molecule has 0 aliphatic carbocycles. The first-order valence-electron chi connectivity index (χ1n) is 5.68. The molecule has 0 aliphatic rings. The smallest absolute Gasteiger partial charge is 0.355 e. The van der Waals surface area contributed by atoms with Crippen LogP contribution in [0.1, 0.15) is 5.56 Å². The molecule has 0 aliphatic heterocycles. The number of nitrogens with zero attached hydrogens (tertiary/aromatic N) is 1. The minimum atomic E-state index is -4.52. The second-order valence-corrected chi connectivity index (χ2v) is 4.63. The van der Waals surface area contributed by atoms with Crippen LogP contribution in [0, 0.1) is 0 Å². The Balaban J connectivity index is 2.23. The molecule has 0 spiro atoms. The topological polar surface area (TPSA) is 26.0 Å². The minimum absolute atomic E-state index is 0.126. The van der Waals surface area contributed by atoms with Crippen molar-refractivity contribution in [3.63, 3.8) is 0 Å². The number of aromatic nitrogens is 1. The van der Waals surface area contributed by atoms with Gasteiger partial charge in [-0.15, -0.1) is 0 Å². The maximum Gasteiger partial charge on any atom is 0.417 e. The van der Waals surface area contributed by atoms with Crippen molar-refractivity contribution in [3.05, 3.63) is 53.1 Å². The van der Waals surface area contributed by atoms with Crippen LogP contribution in [-0.2, 0) is 6.18 Å². The highest BCUT2D eigenvalue weighted by atomic mass is 35.5. The summed E-state index contributed by atoms with van der Waals surface area (Å²) in [5, 5.41) is 3.76. The summed E-state index contributed by atoms with van der Waals surface area (Å²) in [5.41, 5.74) is -0.0639. The van der Waals surface area contributed by atoms with Gasteiger partial charge < -0.3 is 4.52 Å². The summed E-state index contributed by atoms with van der Waals surface area (Å²) in [5.74, 6) is 0.399. The molecular formula is C14H7ClF3NO. The highest BCUT2D eigenvalue weighted by Gasteiger charge is 2.34. The van der Waals surface area contributed by atoms with Crippen LogP contribution in [0.4, 0.5) is 13.2 Å². The van der Waals surface area contributed by atoms with E-state index in [2.05, 4.69) is 5.16 Å². The summed E-state index contributed by atoms with van der Waals surface area (Å²) < 4.78 is 43.4. The van der Waals surface area contributed by atoms with Crippen LogP contribution in [0.25, 0.3) is 22.2 Å². The van der Waals surface area contributed by atoms with Gasteiger partial charge in [0, 0.05) is 5.56 Å². The van der Waals surface area contributed by atoms with Gasteiger partial charge in [0.05, 0.1) is 16.0 Å². The number of hydrogen-bond acceptors (Lipinski definition) is 2. The molecule has 0 fully saturated rings. The van der Waals surface area contributed by atoms with Crippen LogP contribution in [0.3, 0.4) is 0 Å². The first-order chi connectivity index (χ1) is 9.47. The Bertz CT molecular complexity index is 765. The lowest BCUT2D eigenvalue weighted by atomic mass is 10.1. The Morgan fingerprint density at radius 3 is 2.40 bits per heavy atom. The number of alkyl halides is 3. The highest BCUT2D eigenvalue weighted by molar-refractivity contribution is 6.32. The van der Waals surface area contributed by atoms with Crippen molar-refractivity contribution in [1.29, 1.82) is 0 Å². The van der Waals surface area contributed by atoms with Crippen molar-refractivity contribution in [2.24, 2.45) is 0 Å². The molecule has 0 atom stereocenters. The fourth-order valence-corrected chi connectivity index (χ4v) is 2.25. The van der Waals surface area contributed by atoms with E-state index in [1.807, 2.05) is 6.07 Å². The number of halogens is 4. The van der Waals surface area contributed by atoms with E-state index in [1.165, 1.54) is 6.07 Å². The molecule has 0 saturated carbocycles. The van der Waals surface area contributed by atoms with E-state index in [1.54, 1.807) is 24.3 Å². The second kappa shape index (κ2) is 4.52. The lowest BCUT2D eigenvalue weighted by molar-refractivity contribution is -0.137. The van der Waals surface area contributed by atoms with Crippen molar-refractivity contribution in [3.8, 4) is 11.3 Å². The van der Waals surface area contributed by atoms with E-state index in [4.69, 9.17) is 16.1 Å². The molecule has 6 heteroatoms. The summed E-state index contributed by atoms with van der Waals surface area (Å²) in [4.78, 5) is 0. The molecular weight excluding hydrogens is 291 g/mol. The molecule has 3 rings (SSSR count). The summed E-state index contributed by atoms with van der Waals surface area (Å²) in [6.07, 6.45) is -4.52. The molecule has 1 aromatic heterocycles. The Kier molecular flexibility index (Phi) is 2.94. The van der Waals surface area contributed by atoms with Crippen molar-refractivity contribution in [2.45, 2.75) is 6.18 Å². The number of benzene rings is 2. The lowest BCUT2D eigenvalue weighted by Gasteiger charge is -2.08. The summed E-state index contributed by atoms with van der Waals surface area (Å²) >= 11 is 5.71. The van der Waals surface area contributed by atoms with Gasteiger partial charge in [0.1, 0.15) is 5.52 Å². The maximum absolute atomic E-state index is 12.8. The molecule has 2 aromatic carbocycles. The fourth-order valence-electron chi connectivity index (χ4n) is 1.98. The number of rotatable bonds is 1. The lowest BCUT2D eigenvalue weighted by Crippen LogP contribution is -2.05. The number of hydrogen-bond donors (Lipinski definition) is 0. The molecule has 20 heavy (non-hydrogen) atoms. The third-order valence-corrected chi connectivity index (χ3v) is 3.22. The first-order valence-corrected chi connectivity index (χ1v) is 6.06. The third kappa shape index (κ3) is 2.14.